The zero-order chi connectivity index (χ0) is 40.7. The van der Waals surface area contributed by atoms with E-state index in [1.807, 2.05) is 59.4 Å². The highest BCUT2D eigenvalue weighted by Gasteiger charge is 2.49. The summed E-state index contributed by atoms with van der Waals surface area (Å²) in [5.41, 5.74) is 6.60. The van der Waals surface area contributed by atoms with Crippen molar-refractivity contribution >= 4 is 17.8 Å². The van der Waals surface area contributed by atoms with Crippen molar-refractivity contribution in [1.29, 1.82) is 0 Å². The van der Waals surface area contributed by atoms with Crippen molar-refractivity contribution in [2.45, 2.75) is 88.3 Å². The van der Waals surface area contributed by atoms with E-state index in [0.29, 0.717) is 31.0 Å². The number of nitrogens with zero attached hydrogens (tertiary/aromatic N) is 5. The lowest BCUT2D eigenvalue weighted by Crippen LogP contribution is -2.58. The molecule has 6 heterocycles. The van der Waals surface area contributed by atoms with Crippen molar-refractivity contribution in [3.63, 3.8) is 0 Å². The molecule has 0 bridgehead atoms. The molecule has 12 nitrogen and oxygen atoms in total. The number of carbonyl (C=O) groups is 3. The molecule has 13 heteroatoms. The van der Waals surface area contributed by atoms with Gasteiger partial charge in [0.1, 0.15) is 30.3 Å². The fraction of sp³-hybridized carbons (Fsp3) is 0.413. The number of aromatic nitrogens is 4. The van der Waals surface area contributed by atoms with Crippen LogP contribution in [0.3, 0.4) is 0 Å². The van der Waals surface area contributed by atoms with Crippen molar-refractivity contribution in [3.05, 3.63) is 108 Å². The Morgan fingerprint density at radius 2 is 1.34 bits per heavy atom. The number of ether oxygens (including phenoxy) is 1. The van der Waals surface area contributed by atoms with Gasteiger partial charge in [0.15, 0.2) is 6.17 Å². The van der Waals surface area contributed by atoms with Gasteiger partial charge in [-0.2, -0.15) is 0 Å². The van der Waals surface area contributed by atoms with Crippen molar-refractivity contribution in [3.8, 4) is 33.6 Å². The SMILES string of the molecule is CC1C[C@@H](F)C[N+]1(C)C(=O)N[C@@H](C(=O)N1CCC[C@H]1c1ncc(-c2ccc(-c3ccc(-c4cnc([C@@H]5CCCN5C(=O)[C@@H]5CCCO5)[nH]4)cc3)cc2)[nH]1)c1ccccc1. The number of rotatable bonds is 9. The maximum atomic E-state index is 14.4. The van der Waals surface area contributed by atoms with Gasteiger partial charge in [0.05, 0.1) is 49.0 Å². The highest BCUT2D eigenvalue weighted by Crippen LogP contribution is 2.37. The second-order valence-electron chi connectivity index (χ2n) is 16.8. The van der Waals surface area contributed by atoms with Crippen LogP contribution in [-0.4, -0.2) is 104 Å². The molecule has 0 spiro atoms. The molecule has 0 aliphatic carbocycles. The van der Waals surface area contributed by atoms with Crippen LogP contribution in [0.15, 0.2) is 91.3 Å². The van der Waals surface area contributed by atoms with Crippen LogP contribution in [0.2, 0.25) is 0 Å². The number of amides is 4. The number of halogens is 1. The molecule has 7 atom stereocenters. The number of nitrogens with one attached hydrogen (secondary N) is 3. The second kappa shape index (κ2) is 16.2. The van der Waals surface area contributed by atoms with Gasteiger partial charge in [0.25, 0.3) is 11.8 Å². The molecule has 4 saturated heterocycles. The fourth-order valence-electron chi connectivity index (χ4n) is 9.50. The molecule has 59 heavy (non-hydrogen) atoms. The van der Waals surface area contributed by atoms with E-state index in [0.717, 1.165) is 84.5 Å². The quantitative estimate of drug-likeness (QED) is 0.131. The lowest BCUT2D eigenvalue weighted by atomic mass is 10.0. The first-order chi connectivity index (χ1) is 28.7. The van der Waals surface area contributed by atoms with Crippen LogP contribution in [0.25, 0.3) is 33.6 Å². The molecule has 2 unspecified atom stereocenters. The minimum Gasteiger partial charge on any atom is -0.368 e. The molecule has 2 aromatic heterocycles. The number of H-pyrrole nitrogens is 2. The maximum absolute atomic E-state index is 14.4. The van der Waals surface area contributed by atoms with E-state index in [-0.39, 0.29) is 53.1 Å². The summed E-state index contributed by atoms with van der Waals surface area (Å²) in [5, 5.41) is 3.03. The van der Waals surface area contributed by atoms with Gasteiger partial charge in [-0.25, -0.2) is 23.6 Å². The van der Waals surface area contributed by atoms with Crippen molar-refractivity contribution < 1.29 is 28.0 Å². The Hall–Kier alpha value is -5.66. The average molecular weight is 800 g/mol. The topological polar surface area (TPSA) is 136 Å². The van der Waals surface area contributed by atoms with Crippen LogP contribution in [-0.2, 0) is 14.3 Å². The average Bonchev–Trinajstić information content (AvgIpc) is 4.12. The van der Waals surface area contributed by atoms with Gasteiger partial charge < -0.3 is 24.5 Å². The van der Waals surface area contributed by atoms with Crippen LogP contribution in [0, 0.1) is 0 Å². The van der Waals surface area contributed by atoms with Crippen molar-refractivity contribution in [2.24, 2.45) is 0 Å². The standard InChI is InChI=1S/C46H51FN8O4/c1-29-25-35(47)28-55(29,2)46(58)52-41(34-9-4-3-5-10-34)45(57)54-23-7-12-39(54)43-49-27-37(51-43)33-20-16-31(17-21-33)30-14-18-32(19-15-30)36-26-48-42(50-36)38-11-6-22-53(38)44(56)40-13-8-24-59-40/h3-5,9-10,14-21,26-27,29,35,38-41H,6-8,11-13,22-25,28H2,1-2H3,(H2-,48,49,50,51,52,58)/p+1/t29?,35-,38+,39+,40+,41-,55?/m1/s1. The number of alkyl halides is 1. The third-order valence-corrected chi connectivity index (χ3v) is 13.1. The third-order valence-electron chi connectivity index (χ3n) is 13.1. The number of imidazole rings is 2. The summed E-state index contributed by atoms with van der Waals surface area (Å²) in [6, 6.07) is 24.2. The Morgan fingerprint density at radius 3 is 1.88 bits per heavy atom. The first-order valence-electron chi connectivity index (χ1n) is 21.0. The van der Waals surface area contributed by atoms with Crippen molar-refractivity contribution in [1.82, 2.24) is 35.1 Å². The molecule has 0 saturated carbocycles. The van der Waals surface area contributed by atoms with Gasteiger partial charge in [-0.15, -0.1) is 0 Å². The van der Waals surface area contributed by atoms with Gasteiger partial charge in [-0.3, -0.25) is 14.9 Å². The van der Waals surface area contributed by atoms with E-state index in [1.54, 1.807) is 7.05 Å². The zero-order valence-corrected chi connectivity index (χ0v) is 33.6. The first-order valence-corrected chi connectivity index (χ1v) is 21.0. The molecule has 4 aliphatic heterocycles. The van der Waals surface area contributed by atoms with E-state index in [4.69, 9.17) is 14.7 Å². The molecule has 4 fully saturated rings. The highest BCUT2D eigenvalue weighted by atomic mass is 19.1. The summed E-state index contributed by atoms with van der Waals surface area (Å²) >= 11 is 0. The zero-order valence-electron chi connectivity index (χ0n) is 33.6. The van der Waals surface area contributed by atoms with Gasteiger partial charge in [-0.05, 0) is 73.3 Å². The van der Waals surface area contributed by atoms with Gasteiger partial charge >= 0.3 is 6.03 Å². The Labute approximate surface area is 343 Å². The number of aromatic amines is 2. The molecule has 3 N–H and O–H groups in total. The fourth-order valence-corrected chi connectivity index (χ4v) is 9.50. The largest absolute Gasteiger partial charge is 0.417 e. The van der Waals surface area contributed by atoms with Crippen LogP contribution >= 0.6 is 0 Å². The normalized spacial score (nSPS) is 26.1. The Kier molecular flexibility index (Phi) is 10.6. The summed E-state index contributed by atoms with van der Waals surface area (Å²) < 4.78 is 20.0. The summed E-state index contributed by atoms with van der Waals surface area (Å²) in [5.74, 6) is 1.40. The number of quaternary nitrogens is 1. The van der Waals surface area contributed by atoms with E-state index < -0.39 is 12.2 Å². The predicted octanol–water partition coefficient (Wildman–Crippen LogP) is 7.67. The van der Waals surface area contributed by atoms with E-state index >= 15 is 0 Å². The lowest BCUT2D eigenvalue weighted by molar-refractivity contribution is -0.841. The number of likely N-dealkylation sites (tertiary alicyclic amines) is 3. The Balaban J connectivity index is 0.864. The molecule has 4 aliphatic rings. The minimum absolute atomic E-state index is 0.0582. The lowest BCUT2D eigenvalue weighted by Gasteiger charge is -2.34. The molecule has 9 rings (SSSR count). The molecule has 5 aromatic rings. The van der Waals surface area contributed by atoms with E-state index in [9.17, 15) is 18.8 Å². The monoisotopic (exact) mass is 799 g/mol. The van der Waals surface area contributed by atoms with Crippen LogP contribution in [0.4, 0.5) is 9.18 Å². The predicted molar refractivity (Wildman–Crippen MR) is 221 cm³/mol. The summed E-state index contributed by atoms with van der Waals surface area (Å²) in [4.78, 5) is 61.4. The number of hydrogen-bond donors (Lipinski definition) is 3. The van der Waals surface area contributed by atoms with Gasteiger partial charge in [0, 0.05) is 26.1 Å². The molecule has 0 radical (unpaired) electrons. The second-order valence-corrected chi connectivity index (χ2v) is 16.8. The minimum atomic E-state index is -1.06. The maximum Gasteiger partial charge on any atom is 0.417 e. The molecule has 4 amide bonds. The number of carbonyl (C=O) groups excluding carboxylic acids is 3. The number of benzene rings is 3. The molecule has 306 valence electrons. The first kappa shape index (κ1) is 38.8. The number of urea groups is 1. The van der Waals surface area contributed by atoms with Gasteiger partial charge in [-0.1, -0.05) is 78.9 Å². The summed E-state index contributed by atoms with van der Waals surface area (Å²) in [6.45, 7) is 3.90. The summed E-state index contributed by atoms with van der Waals surface area (Å²) in [7, 11) is 1.75. The Bertz CT molecular complexity index is 2290. The summed E-state index contributed by atoms with van der Waals surface area (Å²) in [6.07, 6.45) is 7.71. The van der Waals surface area contributed by atoms with Crippen LogP contribution < -0.4 is 5.32 Å². The van der Waals surface area contributed by atoms with E-state index in [1.165, 1.54) is 0 Å². The molecular weight excluding hydrogens is 748 g/mol. The Morgan fingerprint density at radius 1 is 0.780 bits per heavy atom. The van der Waals surface area contributed by atoms with E-state index in [2.05, 4.69) is 63.8 Å². The van der Waals surface area contributed by atoms with Crippen molar-refractivity contribution in [2.75, 3.05) is 33.3 Å². The number of hydrogen-bond acceptors (Lipinski definition) is 6. The highest BCUT2D eigenvalue weighted by molar-refractivity contribution is 5.87. The third kappa shape index (κ3) is 7.57. The van der Waals surface area contributed by atoms with Crippen LogP contribution in [0.1, 0.15) is 87.2 Å². The van der Waals surface area contributed by atoms with Gasteiger partial charge in [0.2, 0.25) is 0 Å². The molecule has 3 aromatic carbocycles. The smallest absolute Gasteiger partial charge is 0.368 e. The molecular formula is C46H52FN8O4+. The van der Waals surface area contributed by atoms with Crippen LogP contribution in [0.5, 0.6) is 0 Å².